The van der Waals surface area contributed by atoms with Gasteiger partial charge in [-0.25, -0.2) is 4.79 Å². The number of carbonyl (C=O) groups is 2. The van der Waals surface area contributed by atoms with Crippen molar-refractivity contribution >= 4 is 17.6 Å². The lowest BCUT2D eigenvalue weighted by molar-refractivity contribution is 0.0636. The van der Waals surface area contributed by atoms with Crippen LogP contribution in [0.5, 0.6) is 0 Å². The number of ether oxygens (including phenoxy) is 1. The number of para-hydroxylation sites is 1. The summed E-state index contributed by atoms with van der Waals surface area (Å²) in [5, 5.41) is 11.7. The van der Waals surface area contributed by atoms with Gasteiger partial charge < -0.3 is 14.7 Å². The lowest BCUT2D eigenvalue weighted by atomic mass is 9.97. The Morgan fingerprint density at radius 1 is 1.14 bits per heavy atom. The summed E-state index contributed by atoms with van der Waals surface area (Å²) < 4.78 is 5.30. The van der Waals surface area contributed by atoms with Crippen LogP contribution >= 0.6 is 0 Å². The van der Waals surface area contributed by atoms with Gasteiger partial charge in [-0.1, -0.05) is 19.1 Å². The number of nitrogens with zero attached hydrogens (tertiary/aromatic N) is 2. The molecule has 0 spiro atoms. The molecule has 0 saturated carbocycles. The minimum Gasteiger partial charge on any atom is -0.444 e. The number of amides is 1. The van der Waals surface area contributed by atoms with Crippen molar-refractivity contribution in [2.24, 2.45) is 5.92 Å². The van der Waals surface area contributed by atoms with E-state index >= 15 is 0 Å². The topological polar surface area (TPSA) is 82.1 Å². The molecule has 2 N–H and O–H groups in total. The fourth-order valence-electron chi connectivity index (χ4n) is 3.29. The van der Waals surface area contributed by atoms with Gasteiger partial charge in [-0.15, -0.1) is 0 Å². The number of β-amino-alcohol motifs (C(OH)–C–C–N with tert-alkyl or cyclic N) is 1. The van der Waals surface area contributed by atoms with E-state index in [9.17, 15) is 9.59 Å². The highest BCUT2D eigenvalue weighted by molar-refractivity contribution is 6.05. The van der Waals surface area contributed by atoms with Crippen LogP contribution in [0.15, 0.2) is 24.3 Å². The molecule has 0 unspecified atom stereocenters. The van der Waals surface area contributed by atoms with Crippen LogP contribution in [0.3, 0.4) is 0 Å². The Bertz CT molecular complexity index is 664. The average Bonchev–Trinajstić information content (AvgIpc) is 2.62. The molecule has 0 aromatic heterocycles. The molecule has 1 saturated heterocycles. The van der Waals surface area contributed by atoms with Crippen molar-refractivity contribution in [2.75, 3.05) is 51.2 Å². The predicted octanol–water partition coefficient (Wildman–Crippen LogP) is 2.46. The van der Waals surface area contributed by atoms with Crippen LogP contribution in [-0.2, 0) is 4.74 Å². The van der Waals surface area contributed by atoms with Gasteiger partial charge in [0.2, 0.25) is 0 Å². The fourth-order valence-corrected chi connectivity index (χ4v) is 3.29. The molecule has 1 aromatic rings. The Kier molecular flexibility index (Phi) is 7.98. The number of hydrogen-bond acceptors (Lipinski definition) is 6. The molecule has 2 rings (SSSR count). The number of Topliss-reactive ketones (excluding diaryl/α,β-unsaturated/α-hetero) is 1. The third-order valence-electron chi connectivity index (χ3n) is 4.69. The minimum absolute atomic E-state index is 0.00412. The summed E-state index contributed by atoms with van der Waals surface area (Å²) in [4.78, 5) is 29.6. The van der Waals surface area contributed by atoms with Gasteiger partial charge in [0.25, 0.3) is 0 Å². The molecule has 1 fully saturated rings. The first-order valence-corrected chi connectivity index (χ1v) is 9.88. The summed E-state index contributed by atoms with van der Waals surface area (Å²) in [7, 11) is 0. The second-order valence-corrected chi connectivity index (χ2v) is 8.30. The highest BCUT2D eigenvalue weighted by atomic mass is 16.6. The van der Waals surface area contributed by atoms with Gasteiger partial charge in [0.05, 0.1) is 12.3 Å². The van der Waals surface area contributed by atoms with Crippen LogP contribution < -0.4 is 5.32 Å². The van der Waals surface area contributed by atoms with Crippen LogP contribution in [0.2, 0.25) is 0 Å². The summed E-state index contributed by atoms with van der Waals surface area (Å²) in [6.07, 6.45) is -0.569. The molecule has 1 heterocycles. The molecule has 0 aliphatic carbocycles. The average molecular weight is 392 g/mol. The second kappa shape index (κ2) is 10.0. The Labute approximate surface area is 167 Å². The summed E-state index contributed by atoms with van der Waals surface area (Å²) in [5.41, 5.74) is 0.371. The molecular weight excluding hydrogens is 358 g/mol. The number of rotatable bonds is 7. The lowest BCUT2D eigenvalue weighted by Gasteiger charge is -2.35. The van der Waals surface area contributed by atoms with Crippen molar-refractivity contribution in [1.29, 1.82) is 0 Å². The van der Waals surface area contributed by atoms with Crippen LogP contribution in [-0.4, -0.2) is 78.3 Å². The van der Waals surface area contributed by atoms with Crippen molar-refractivity contribution in [3.8, 4) is 0 Å². The lowest BCUT2D eigenvalue weighted by Crippen LogP contribution is -2.48. The van der Waals surface area contributed by atoms with Gasteiger partial charge in [0.15, 0.2) is 5.78 Å². The van der Waals surface area contributed by atoms with E-state index < -0.39 is 11.7 Å². The summed E-state index contributed by atoms with van der Waals surface area (Å²) in [6, 6.07) is 7.05. The number of aliphatic hydroxyl groups is 1. The quantitative estimate of drug-likeness (QED) is 0.695. The van der Waals surface area contributed by atoms with Gasteiger partial charge in [-0.2, -0.15) is 0 Å². The van der Waals surface area contributed by atoms with Crippen LogP contribution in [0, 0.1) is 5.92 Å². The van der Waals surface area contributed by atoms with Gasteiger partial charge in [0.1, 0.15) is 5.60 Å². The Morgan fingerprint density at radius 2 is 1.75 bits per heavy atom. The molecule has 7 heteroatoms. The maximum atomic E-state index is 13.0. The fraction of sp³-hybridized carbons (Fsp3) is 0.619. The van der Waals surface area contributed by atoms with E-state index in [1.54, 1.807) is 45.0 Å². The first kappa shape index (κ1) is 22.3. The molecule has 1 aromatic carbocycles. The van der Waals surface area contributed by atoms with Crippen molar-refractivity contribution in [1.82, 2.24) is 9.80 Å². The number of ketones is 1. The van der Waals surface area contributed by atoms with E-state index in [0.29, 0.717) is 24.3 Å². The number of aliphatic hydroxyl groups excluding tert-OH is 1. The SMILES string of the molecule is C[C@H](CN1CCN(CCO)CC1)C(=O)c1ccccc1NC(=O)OC(C)(C)C. The normalized spacial score (nSPS) is 17.2. The summed E-state index contributed by atoms with van der Waals surface area (Å²) in [5.74, 6) is -0.185. The highest BCUT2D eigenvalue weighted by Crippen LogP contribution is 2.21. The third-order valence-corrected chi connectivity index (χ3v) is 4.69. The van der Waals surface area contributed by atoms with Crippen LogP contribution in [0.1, 0.15) is 38.1 Å². The van der Waals surface area contributed by atoms with E-state index in [1.165, 1.54) is 0 Å². The van der Waals surface area contributed by atoms with Crippen LogP contribution in [0.4, 0.5) is 10.5 Å². The van der Waals surface area contributed by atoms with Crippen molar-refractivity contribution in [3.63, 3.8) is 0 Å². The number of piperazine rings is 1. The first-order chi connectivity index (χ1) is 13.2. The number of carbonyl (C=O) groups excluding carboxylic acids is 2. The molecule has 0 bridgehead atoms. The van der Waals surface area contributed by atoms with Gasteiger partial charge in [-0.05, 0) is 32.9 Å². The standard InChI is InChI=1S/C21H33N3O4/c1-16(15-24-11-9-23(10-12-24)13-14-25)19(26)17-7-5-6-8-18(17)22-20(27)28-21(2,3)4/h5-8,16,25H,9-15H2,1-4H3,(H,22,27)/t16-/m1/s1. The third kappa shape index (κ3) is 6.89. The first-order valence-electron chi connectivity index (χ1n) is 9.88. The Hall–Kier alpha value is -1.96. The zero-order valence-electron chi connectivity index (χ0n) is 17.4. The van der Waals surface area contributed by atoms with Crippen LogP contribution in [0.25, 0.3) is 0 Å². The molecule has 0 radical (unpaired) electrons. The van der Waals surface area contributed by atoms with Crippen molar-refractivity contribution in [2.45, 2.75) is 33.3 Å². The molecule has 1 aliphatic heterocycles. The summed E-state index contributed by atoms with van der Waals surface area (Å²) in [6.45, 7) is 12.4. The molecule has 156 valence electrons. The molecule has 28 heavy (non-hydrogen) atoms. The second-order valence-electron chi connectivity index (χ2n) is 8.30. The Morgan fingerprint density at radius 3 is 2.36 bits per heavy atom. The van der Waals surface area contributed by atoms with Gasteiger partial charge in [0, 0.05) is 50.7 Å². The van der Waals surface area contributed by atoms with Crippen molar-refractivity contribution in [3.05, 3.63) is 29.8 Å². The molecule has 1 amide bonds. The smallest absolute Gasteiger partial charge is 0.412 e. The maximum Gasteiger partial charge on any atom is 0.412 e. The number of benzene rings is 1. The van der Waals surface area contributed by atoms with E-state index in [-0.39, 0.29) is 18.3 Å². The Balaban J connectivity index is 1.97. The zero-order valence-corrected chi connectivity index (χ0v) is 17.4. The molecule has 1 atom stereocenters. The molecular formula is C21H33N3O4. The highest BCUT2D eigenvalue weighted by Gasteiger charge is 2.24. The van der Waals surface area contributed by atoms with Gasteiger partial charge in [-0.3, -0.25) is 15.0 Å². The minimum atomic E-state index is -0.603. The number of hydrogen-bond donors (Lipinski definition) is 2. The molecule has 7 nitrogen and oxygen atoms in total. The largest absolute Gasteiger partial charge is 0.444 e. The molecule has 1 aliphatic rings. The van der Waals surface area contributed by atoms with Gasteiger partial charge >= 0.3 is 6.09 Å². The van der Waals surface area contributed by atoms with Crippen molar-refractivity contribution < 1.29 is 19.4 Å². The number of nitrogens with one attached hydrogen (secondary N) is 1. The zero-order chi connectivity index (χ0) is 20.7. The number of anilines is 1. The van der Waals surface area contributed by atoms with E-state index in [1.807, 2.05) is 6.92 Å². The monoisotopic (exact) mass is 391 g/mol. The predicted molar refractivity (Wildman–Crippen MR) is 110 cm³/mol. The van der Waals surface area contributed by atoms with E-state index in [2.05, 4.69) is 15.1 Å². The van der Waals surface area contributed by atoms with E-state index in [4.69, 9.17) is 9.84 Å². The maximum absolute atomic E-state index is 13.0. The van der Waals surface area contributed by atoms with E-state index in [0.717, 1.165) is 26.2 Å². The summed E-state index contributed by atoms with van der Waals surface area (Å²) >= 11 is 0.